The molecule has 1 N–H and O–H groups in total. The Morgan fingerprint density at radius 1 is 1.39 bits per heavy atom. The second-order valence-electron chi connectivity index (χ2n) is 4.57. The van der Waals surface area contributed by atoms with Crippen LogP contribution in [0.5, 0.6) is 0 Å². The Balaban J connectivity index is 2.11. The first-order valence-electron chi connectivity index (χ1n) is 6.61. The maximum absolute atomic E-state index is 13.7. The minimum Gasteiger partial charge on any atom is -0.462 e. The molecule has 0 amide bonds. The lowest BCUT2D eigenvalue weighted by Gasteiger charge is -2.03. The minimum atomic E-state index is -1.01. The van der Waals surface area contributed by atoms with Gasteiger partial charge in [0.05, 0.1) is 23.9 Å². The largest absolute Gasteiger partial charge is 0.462 e. The second-order valence-corrected chi connectivity index (χ2v) is 4.57. The molecule has 7 nitrogen and oxygen atoms in total. The fraction of sp³-hybridized carbons (Fsp3) is 0.143. The highest BCUT2D eigenvalue weighted by Crippen LogP contribution is 2.15. The van der Waals surface area contributed by atoms with Crippen LogP contribution in [-0.4, -0.2) is 32.3 Å². The number of esters is 1. The lowest BCUT2D eigenvalue weighted by molar-refractivity contribution is 0.0526. The average molecular weight is 320 g/mol. The number of carbonyl (C=O) groups excluding carboxylic acids is 1. The minimum absolute atomic E-state index is 0.0805. The van der Waals surface area contributed by atoms with E-state index < -0.39 is 23.2 Å². The highest BCUT2D eigenvalue weighted by Gasteiger charge is 2.14. The summed E-state index contributed by atoms with van der Waals surface area (Å²) in [7, 11) is 0. The molecule has 0 atom stereocenters. The number of fused-ring (bicyclic) bond motifs is 1. The molecule has 0 bridgehead atoms. The first-order chi connectivity index (χ1) is 11.0. The molecule has 0 unspecified atom stereocenters. The fourth-order valence-electron chi connectivity index (χ4n) is 2.05. The predicted molar refractivity (Wildman–Crippen MR) is 75.4 cm³/mol. The van der Waals surface area contributed by atoms with Gasteiger partial charge in [0.1, 0.15) is 17.0 Å². The molecule has 0 saturated heterocycles. The maximum atomic E-state index is 13.7. The van der Waals surface area contributed by atoms with Gasteiger partial charge in [-0.2, -0.15) is 5.10 Å². The van der Waals surface area contributed by atoms with Crippen LogP contribution in [0.1, 0.15) is 17.3 Å². The number of nitrogens with one attached hydrogen (secondary N) is 1. The van der Waals surface area contributed by atoms with Crippen LogP contribution in [0.15, 0.2) is 29.3 Å². The number of hydrogen-bond donors (Lipinski definition) is 1. The molecule has 0 aliphatic heterocycles. The van der Waals surface area contributed by atoms with Crippen molar-refractivity contribution < 1.29 is 18.3 Å². The summed E-state index contributed by atoms with van der Waals surface area (Å²) in [6.45, 7) is 1.86. The average Bonchev–Trinajstić information content (AvgIpc) is 2.96. The van der Waals surface area contributed by atoms with Crippen molar-refractivity contribution in [3.63, 3.8) is 0 Å². The first kappa shape index (κ1) is 14.8. The molecule has 0 fully saturated rings. The van der Waals surface area contributed by atoms with E-state index in [1.54, 1.807) is 6.92 Å². The smallest absolute Gasteiger partial charge is 0.341 e. The molecule has 3 rings (SSSR count). The first-order valence-corrected chi connectivity index (χ1v) is 6.61. The zero-order valence-electron chi connectivity index (χ0n) is 11.8. The highest BCUT2D eigenvalue weighted by molar-refractivity contribution is 5.88. The number of benzene rings is 1. The Bertz CT molecular complexity index is 964. The lowest BCUT2D eigenvalue weighted by Crippen LogP contribution is -2.15. The Hall–Kier alpha value is -3.10. The van der Waals surface area contributed by atoms with Gasteiger partial charge >= 0.3 is 5.97 Å². The molecule has 9 heteroatoms. The molecule has 0 radical (unpaired) electrons. The molecule has 2 heterocycles. The van der Waals surface area contributed by atoms with E-state index in [1.807, 2.05) is 0 Å². The van der Waals surface area contributed by atoms with E-state index in [0.717, 1.165) is 10.7 Å². The van der Waals surface area contributed by atoms with Crippen LogP contribution >= 0.6 is 0 Å². The van der Waals surface area contributed by atoms with Gasteiger partial charge < -0.3 is 4.74 Å². The highest BCUT2D eigenvalue weighted by atomic mass is 19.1. The van der Waals surface area contributed by atoms with E-state index in [2.05, 4.69) is 15.1 Å². The zero-order valence-corrected chi connectivity index (χ0v) is 11.8. The van der Waals surface area contributed by atoms with E-state index in [0.29, 0.717) is 6.07 Å². The van der Waals surface area contributed by atoms with Gasteiger partial charge in [-0.25, -0.2) is 23.2 Å². The maximum Gasteiger partial charge on any atom is 0.341 e. The van der Waals surface area contributed by atoms with Crippen molar-refractivity contribution in [2.75, 3.05) is 6.61 Å². The molecular weight excluding hydrogens is 310 g/mol. The third kappa shape index (κ3) is 2.68. The number of rotatable bonds is 3. The number of ether oxygens (including phenoxy) is 1. The van der Waals surface area contributed by atoms with Crippen LogP contribution < -0.4 is 5.56 Å². The Kier molecular flexibility index (Phi) is 3.61. The summed E-state index contributed by atoms with van der Waals surface area (Å²) in [4.78, 5) is 29.8. The predicted octanol–water partition coefficient (Wildman–Crippen LogP) is 1.56. The fourth-order valence-corrected chi connectivity index (χ4v) is 2.05. The van der Waals surface area contributed by atoms with E-state index in [-0.39, 0.29) is 29.0 Å². The van der Waals surface area contributed by atoms with Crippen LogP contribution in [0.4, 0.5) is 8.78 Å². The molecule has 2 aromatic heterocycles. The Morgan fingerprint density at radius 2 is 2.17 bits per heavy atom. The summed E-state index contributed by atoms with van der Waals surface area (Å²) < 4.78 is 32.9. The summed E-state index contributed by atoms with van der Waals surface area (Å²) in [6, 6.07) is 1.54. The quantitative estimate of drug-likeness (QED) is 0.740. The van der Waals surface area contributed by atoms with Crippen molar-refractivity contribution in [3.8, 4) is 5.95 Å². The number of hydrogen-bond acceptors (Lipinski definition) is 5. The molecule has 118 valence electrons. The number of aromatic nitrogens is 4. The molecule has 3 aromatic rings. The topological polar surface area (TPSA) is 89.9 Å². The van der Waals surface area contributed by atoms with Gasteiger partial charge in [-0.3, -0.25) is 9.78 Å². The third-order valence-corrected chi connectivity index (χ3v) is 3.02. The normalized spacial score (nSPS) is 10.9. The van der Waals surface area contributed by atoms with Crippen molar-refractivity contribution in [2.45, 2.75) is 6.92 Å². The van der Waals surface area contributed by atoms with Crippen LogP contribution in [0.25, 0.3) is 16.9 Å². The van der Waals surface area contributed by atoms with Gasteiger partial charge in [0.25, 0.3) is 5.56 Å². The zero-order chi connectivity index (χ0) is 16.6. The summed E-state index contributed by atoms with van der Waals surface area (Å²) in [5.41, 5.74) is -0.787. The van der Waals surface area contributed by atoms with Crippen LogP contribution in [0.3, 0.4) is 0 Å². The summed E-state index contributed by atoms with van der Waals surface area (Å²) in [6.07, 6.45) is 2.52. The van der Waals surface area contributed by atoms with Gasteiger partial charge in [0, 0.05) is 18.3 Å². The summed E-state index contributed by atoms with van der Waals surface area (Å²) in [5.74, 6) is -2.53. The van der Waals surface area contributed by atoms with Crippen molar-refractivity contribution in [1.29, 1.82) is 0 Å². The molecule has 23 heavy (non-hydrogen) atoms. The van der Waals surface area contributed by atoms with Gasteiger partial charge in [-0.05, 0) is 6.92 Å². The Morgan fingerprint density at radius 3 is 2.91 bits per heavy atom. The molecule has 1 aromatic carbocycles. The third-order valence-electron chi connectivity index (χ3n) is 3.02. The van der Waals surface area contributed by atoms with Crippen LogP contribution in [0, 0.1) is 11.6 Å². The van der Waals surface area contributed by atoms with E-state index in [9.17, 15) is 18.4 Å². The number of halogens is 2. The van der Waals surface area contributed by atoms with Crippen molar-refractivity contribution >= 4 is 16.9 Å². The van der Waals surface area contributed by atoms with Crippen molar-refractivity contribution in [3.05, 3.63) is 52.1 Å². The molecular formula is C14H10F2N4O3. The summed E-state index contributed by atoms with van der Waals surface area (Å²) >= 11 is 0. The van der Waals surface area contributed by atoms with Gasteiger partial charge in [0.2, 0.25) is 5.95 Å². The number of carbonyl (C=O) groups is 1. The number of aromatic amines is 1. The second kappa shape index (κ2) is 5.59. The van der Waals surface area contributed by atoms with Gasteiger partial charge in [-0.1, -0.05) is 0 Å². The van der Waals surface area contributed by atoms with Gasteiger partial charge in [-0.15, -0.1) is 0 Å². The monoisotopic (exact) mass is 320 g/mol. The molecule has 0 aliphatic carbocycles. The molecule has 0 spiro atoms. The Labute approximate surface area is 127 Å². The molecule has 0 aliphatic rings. The van der Waals surface area contributed by atoms with E-state index in [1.165, 1.54) is 12.4 Å². The van der Waals surface area contributed by atoms with E-state index in [4.69, 9.17) is 4.74 Å². The van der Waals surface area contributed by atoms with Crippen LogP contribution in [-0.2, 0) is 4.74 Å². The standard InChI is InChI=1S/C14H10F2N4O3/c1-2-23-13(22)7-5-17-20(6-7)14-18-10-4-8(15)3-9(16)11(10)12(21)19-14/h3-6H,2H2,1H3,(H,18,19,21). The van der Waals surface area contributed by atoms with Gasteiger partial charge in [0.15, 0.2) is 0 Å². The van der Waals surface area contributed by atoms with E-state index >= 15 is 0 Å². The van der Waals surface area contributed by atoms with Crippen molar-refractivity contribution in [1.82, 2.24) is 19.7 Å². The lowest BCUT2D eigenvalue weighted by atomic mass is 10.2. The van der Waals surface area contributed by atoms with Crippen LogP contribution in [0.2, 0.25) is 0 Å². The van der Waals surface area contributed by atoms with Crippen molar-refractivity contribution in [2.24, 2.45) is 0 Å². The summed E-state index contributed by atoms with van der Waals surface area (Å²) in [5, 5.41) is 3.52. The SMILES string of the molecule is CCOC(=O)c1cnn(-c2nc3cc(F)cc(F)c3c(=O)[nH]2)c1. The molecule has 0 saturated carbocycles. The number of nitrogens with zero attached hydrogens (tertiary/aromatic N) is 3. The number of H-pyrrole nitrogens is 1.